The predicted octanol–water partition coefficient (Wildman–Crippen LogP) is 3.30. The molecule has 0 aliphatic heterocycles. The first kappa shape index (κ1) is 15.5. The number of nitrogens with one attached hydrogen (secondary N) is 1. The van der Waals surface area contributed by atoms with Crippen LogP contribution in [0.4, 0.5) is 0 Å². The van der Waals surface area contributed by atoms with Gasteiger partial charge in [-0.15, -0.1) is 0 Å². The highest BCUT2D eigenvalue weighted by molar-refractivity contribution is 5.33. The van der Waals surface area contributed by atoms with Gasteiger partial charge in [0.1, 0.15) is 5.75 Å². The van der Waals surface area contributed by atoms with Crippen molar-refractivity contribution in [3.63, 3.8) is 0 Å². The van der Waals surface area contributed by atoms with Gasteiger partial charge in [0.15, 0.2) is 0 Å². The lowest BCUT2D eigenvalue weighted by atomic mass is 10.1. The maximum atomic E-state index is 9.58. The van der Waals surface area contributed by atoms with Crippen molar-refractivity contribution in [3.8, 4) is 5.75 Å². The third kappa shape index (κ3) is 4.59. The third-order valence-electron chi connectivity index (χ3n) is 3.26. The summed E-state index contributed by atoms with van der Waals surface area (Å²) in [6.45, 7) is 4.76. The quantitative estimate of drug-likeness (QED) is 0.820. The van der Waals surface area contributed by atoms with Gasteiger partial charge in [0.2, 0.25) is 0 Å². The lowest BCUT2D eigenvalue weighted by molar-refractivity contribution is 0.232. The van der Waals surface area contributed by atoms with Gasteiger partial charge in [-0.3, -0.25) is 0 Å². The van der Waals surface area contributed by atoms with Gasteiger partial charge in [-0.05, 0) is 25.5 Å². The average Bonchev–Trinajstić information content (AvgIpc) is 2.50. The topological polar surface area (TPSA) is 41.5 Å². The van der Waals surface area contributed by atoms with E-state index < -0.39 is 0 Å². The van der Waals surface area contributed by atoms with Crippen molar-refractivity contribution in [1.82, 2.24) is 5.32 Å². The van der Waals surface area contributed by atoms with E-state index >= 15 is 0 Å². The summed E-state index contributed by atoms with van der Waals surface area (Å²) in [6.07, 6.45) is 0.147. The normalized spacial score (nSPS) is 12.4. The van der Waals surface area contributed by atoms with Crippen LogP contribution in [0.1, 0.15) is 31.0 Å². The Morgan fingerprint density at radius 1 is 1.00 bits per heavy atom. The summed E-state index contributed by atoms with van der Waals surface area (Å²) in [5.74, 6) is 0.893. The van der Waals surface area contributed by atoms with Crippen molar-refractivity contribution in [3.05, 3.63) is 65.7 Å². The van der Waals surface area contributed by atoms with Gasteiger partial charge in [-0.25, -0.2) is 0 Å². The molecule has 0 heterocycles. The Labute approximate surface area is 126 Å². The Kier molecular flexibility index (Phi) is 5.78. The molecule has 0 spiro atoms. The van der Waals surface area contributed by atoms with Crippen LogP contribution < -0.4 is 10.1 Å². The fourth-order valence-electron chi connectivity index (χ4n) is 2.23. The molecule has 0 aliphatic rings. The summed E-state index contributed by atoms with van der Waals surface area (Å²) in [4.78, 5) is 0. The Morgan fingerprint density at radius 3 is 2.33 bits per heavy atom. The summed E-state index contributed by atoms with van der Waals surface area (Å²) in [5.41, 5.74) is 2.18. The van der Waals surface area contributed by atoms with Crippen LogP contribution in [0.25, 0.3) is 0 Å². The zero-order valence-electron chi connectivity index (χ0n) is 12.6. The van der Waals surface area contributed by atoms with E-state index in [4.69, 9.17) is 4.74 Å². The maximum Gasteiger partial charge on any atom is 0.124 e. The number of hydrogen-bond acceptors (Lipinski definition) is 3. The van der Waals surface area contributed by atoms with E-state index in [-0.39, 0.29) is 18.8 Å². The lowest BCUT2D eigenvalue weighted by Gasteiger charge is -2.19. The number of rotatable bonds is 7. The van der Waals surface area contributed by atoms with Crippen LogP contribution in [0.2, 0.25) is 0 Å². The molecule has 21 heavy (non-hydrogen) atoms. The number of benzene rings is 2. The van der Waals surface area contributed by atoms with E-state index in [9.17, 15) is 5.11 Å². The fraction of sp³-hybridized carbons (Fsp3) is 0.333. The third-order valence-corrected chi connectivity index (χ3v) is 3.26. The minimum absolute atomic E-state index is 0.0667. The predicted molar refractivity (Wildman–Crippen MR) is 85.3 cm³/mol. The molecule has 0 saturated carbocycles. The summed E-state index contributed by atoms with van der Waals surface area (Å²) in [7, 11) is 0. The molecule has 0 radical (unpaired) electrons. The lowest BCUT2D eigenvalue weighted by Crippen LogP contribution is -2.24. The molecule has 1 atom stereocenters. The van der Waals surface area contributed by atoms with Gasteiger partial charge in [0.25, 0.3) is 0 Å². The van der Waals surface area contributed by atoms with Crippen LogP contribution >= 0.6 is 0 Å². The van der Waals surface area contributed by atoms with Crippen LogP contribution in [-0.2, 0) is 6.54 Å². The number of aliphatic hydroxyl groups excluding tert-OH is 1. The monoisotopic (exact) mass is 285 g/mol. The Morgan fingerprint density at radius 2 is 1.67 bits per heavy atom. The zero-order valence-corrected chi connectivity index (χ0v) is 12.6. The highest BCUT2D eigenvalue weighted by Gasteiger charge is 2.11. The molecule has 3 heteroatoms. The van der Waals surface area contributed by atoms with Crippen LogP contribution in [-0.4, -0.2) is 17.8 Å². The molecular weight excluding hydrogens is 262 g/mol. The van der Waals surface area contributed by atoms with Gasteiger partial charge in [-0.2, -0.15) is 0 Å². The molecule has 0 aliphatic carbocycles. The first-order chi connectivity index (χ1) is 10.2. The molecule has 2 rings (SSSR count). The smallest absolute Gasteiger partial charge is 0.124 e. The molecule has 0 unspecified atom stereocenters. The largest absolute Gasteiger partial charge is 0.491 e. The molecule has 2 N–H and O–H groups in total. The van der Waals surface area contributed by atoms with Crippen molar-refractivity contribution in [2.45, 2.75) is 32.5 Å². The highest BCUT2D eigenvalue weighted by Crippen LogP contribution is 2.20. The second-order valence-electron chi connectivity index (χ2n) is 5.30. The van der Waals surface area contributed by atoms with Crippen molar-refractivity contribution < 1.29 is 9.84 Å². The number of hydrogen-bond donors (Lipinski definition) is 2. The van der Waals surface area contributed by atoms with Crippen LogP contribution in [0.3, 0.4) is 0 Å². The van der Waals surface area contributed by atoms with Crippen LogP contribution in [0.5, 0.6) is 5.75 Å². The molecule has 2 aromatic carbocycles. The molecule has 0 aromatic heterocycles. The van der Waals surface area contributed by atoms with Crippen LogP contribution in [0, 0.1) is 0 Å². The van der Waals surface area contributed by atoms with Crippen molar-refractivity contribution >= 4 is 0 Å². The molecule has 3 nitrogen and oxygen atoms in total. The number of ether oxygens (including phenoxy) is 1. The summed E-state index contributed by atoms with van der Waals surface area (Å²) in [5, 5.41) is 13.0. The average molecular weight is 285 g/mol. The number of para-hydroxylation sites is 1. The van der Waals surface area contributed by atoms with E-state index in [0.717, 1.165) is 16.9 Å². The molecule has 0 bridgehead atoms. The first-order valence-corrected chi connectivity index (χ1v) is 7.34. The SMILES string of the molecule is CC(C)Oc1ccccc1CN[C@@H](CO)c1ccccc1. The molecule has 112 valence electrons. The fourth-order valence-corrected chi connectivity index (χ4v) is 2.23. The van der Waals surface area contributed by atoms with Gasteiger partial charge < -0.3 is 15.2 Å². The van der Waals surface area contributed by atoms with Crippen LogP contribution in [0.15, 0.2) is 54.6 Å². The van der Waals surface area contributed by atoms with E-state index in [1.807, 2.05) is 68.4 Å². The maximum absolute atomic E-state index is 9.58. The summed E-state index contributed by atoms with van der Waals surface area (Å²) < 4.78 is 5.81. The second kappa shape index (κ2) is 7.81. The standard InChI is InChI=1S/C18H23NO2/c1-14(2)21-18-11-7-6-10-16(18)12-19-17(13-20)15-8-4-3-5-9-15/h3-11,14,17,19-20H,12-13H2,1-2H3/t17-/m0/s1. The molecule has 2 aromatic rings. The van der Waals surface area contributed by atoms with Gasteiger partial charge in [0, 0.05) is 12.1 Å². The number of aliphatic hydroxyl groups is 1. The van der Waals surface area contributed by atoms with Crippen molar-refractivity contribution in [2.24, 2.45) is 0 Å². The zero-order chi connectivity index (χ0) is 15.1. The van der Waals surface area contributed by atoms with Gasteiger partial charge in [-0.1, -0.05) is 48.5 Å². The Balaban J connectivity index is 2.05. The van der Waals surface area contributed by atoms with E-state index in [1.165, 1.54) is 0 Å². The minimum Gasteiger partial charge on any atom is -0.491 e. The Bertz CT molecular complexity index is 540. The Hall–Kier alpha value is -1.84. The molecule has 0 amide bonds. The van der Waals surface area contributed by atoms with E-state index in [2.05, 4.69) is 5.32 Å². The van der Waals surface area contributed by atoms with E-state index in [1.54, 1.807) is 0 Å². The second-order valence-corrected chi connectivity index (χ2v) is 5.30. The summed E-state index contributed by atoms with van der Waals surface area (Å²) >= 11 is 0. The minimum atomic E-state index is -0.0710. The van der Waals surface area contributed by atoms with E-state index in [0.29, 0.717) is 6.54 Å². The molecular formula is C18H23NO2. The van der Waals surface area contributed by atoms with Crippen molar-refractivity contribution in [2.75, 3.05) is 6.61 Å². The molecule has 0 fully saturated rings. The highest BCUT2D eigenvalue weighted by atomic mass is 16.5. The first-order valence-electron chi connectivity index (χ1n) is 7.34. The van der Waals surface area contributed by atoms with Crippen molar-refractivity contribution in [1.29, 1.82) is 0 Å². The summed E-state index contributed by atoms with van der Waals surface area (Å²) in [6, 6.07) is 17.9. The van der Waals surface area contributed by atoms with Gasteiger partial charge >= 0.3 is 0 Å². The van der Waals surface area contributed by atoms with Gasteiger partial charge in [0.05, 0.1) is 18.8 Å². The molecule has 0 saturated heterocycles.